The summed E-state index contributed by atoms with van der Waals surface area (Å²) in [5.41, 5.74) is 3.58. The second-order valence-corrected chi connectivity index (χ2v) is 10.8. The highest BCUT2D eigenvalue weighted by Gasteiger charge is 2.47. The lowest BCUT2D eigenvalue weighted by atomic mass is 10.1. The Kier molecular flexibility index (Phi) is 9.00. The summed E-state index contributed by atoms with van der Waals surface area (Å²) in [5, 5.41) is 2.87. The summed E-state index contributed by atoms with van der Waals surface area (Å²) in [6.45, 7) is 2.34. The third-order valence-corrected chi connectivity index (χ3v) is 7.77. The Labute approximate surface area is 255 Å². The fourth-order valence-corrected chi connectivity index (χ4v) is 5.65. The molecule has 2 aromatic heterocycles. The van der Waals surface area contributed by atoms with E-state index in [9.17, 15) is 9.59 Å². The molecule has 0 unspecified atom stereocenters. The van der Waals surface area contributed by atoms with Crippen LogP contribution in [0.15, 0.2) is 104 Å². The van der Waals surface area contributed by atoms with Gasteiger partial charge in [-0.15, -0.1) is 0 Å². The third-order valence-electron chi connectivity index (χ3n) is 7.77. The van der Waals surface area contributed by atoms with Crippen LogP contribution in [0.3, 0.4) is 0 Å². The van der Waals surface area contributed by atoms with E-state index in [0.717, 1.165) is 11.1 Å². The van der Waals surface area contributed by atoms with Crippen molar-refractivity contribution in [2.45, 2.75) is 44.8 Å². The number of nitrogens with one attached hydrogen (secondary N) is 1. The molecule has 0 aliphatic heterocycles. The molecule has 3 aromatic carbocycles. The van der Waals surface area contributed by atoms with E-state index in [1.54, 1.807) is 30.6 Å². The number of carbonyl (C=O) groups excluding carboxylic acids is 2. The zero-order valence-corrected chi connectivity index (χ0v) is 24.3. The summed E-state index contributed by atoms with van der Waals surface area (Å²) in [6, 6.07) is 28.6. The first-order valence-corrected chi connectivity index (χ1v) is 14.5. The van der Waals surface area contributed by atoms with Gasteiger partial charge in [-0.2, -0.15) is 0 Å². The molecule has 1 aliphatic carbocycles. The lowest BCUT2D eigenvalue weighted by Gasteiger charge is -2.28. The van der Waals surface area contributed by atoms with Crippen LogP contribution in [0.2, 0.25) is 0 Å². The molecule has 4 atom stereocenters. The molecular weight excluding hydrogens is 558 g/mol. The molecule has 0 spiro atoms. The zero-order chi connectivity index (χ0) is 30.3. The summed E-state index contributed by atoms with van der Waals surface area (Å²) < 4.78 is 20.7. The summed E-state index contributed by atoms with van der Waals surface area (Å²) in [4.78, 5) is 38.2. The third kappa shape index (κ3) is 6.66. The van der Waals surface area contributed by atoms with Gasteiger partial charge >= 0.3 is 5.97 Å². The molecule has 1 N–H and O–H groups in total. The Morgan fingerprint density at radius 2 is 1.43 bits per heavy atom. The van der Waals surface area contributed by atoms with E-state index < -0.39 is 6.10 Å². The van der Waals surface area contributed by atoms with Gasteiger partial charge in [-0.25, -0.2) is 15.0 Å². The average molecular weight is 592 g/mol. The van der Waals surface area contributed by atoms with Crippen molar-refractivity contribution in [1.82, 2.24) is 19.5 Å². The Hall–Kier alpha value is -4.93. The molecule has 6 rings (SSSR count). The Morgan fingerprint density at radius 1 is 0.818 bits per heavy atom. The second-order valence-electron chi connectivity index (χ2n) is 10.8. The number of esters is 1. The molecule has 1 fully saturated rings. The Balaban J connectivity index is 1.32. The first-order chi connectivity index (χ1) is 21.6. The first kappa shape index (κ1) is 29.2. The second kappa shape index (κ2) is 13.6. The number of aromatic nitrogens is 4. The minimum Gasteiger partial charge on any atom is -0.465 e. The molecule has 10 nitrogen and oxygen atoms in total. The lowest BCUT2D eigenvalue weighted by Crippen LogP contribution is -2.36. The molecule has 10 heteroatoms. The number of hydrogen-bond acceptors (Lipinski definition) is 8. The van der Waals surface area contributed by atoms with E-state index in [0.29, 0.717) is 42.2 Å². The Bertz CT molecular complexity index is 1700. The van der Waals surface area contributed by atoms with Gasteiger partial charge < -0.3 is 24.1 Å². The summed E-state index contributed by atoms with van der Waals surface area (Å²) in [7, 11) is 0. The first-order valence-electron chi connectivity index (χ1n) is 14.5. The van der Waals surface area contributed by atoms with Gasteiger partial charge in [0.25, 0.3) is 5.91 Å². The van der Waals surface area contributed by atoms with Gasteiger partial charge in [0.15, 0.2) is 17.0 Å². The van der Waals surface area contributed by atoms with Crippen LogP contribution < -0.4 is 5.32 Å². The number of hydrogen-bond donors (Lipinski definition) is 1. The minimum atomic E-state index is -0.422. The monoisotopic (exact) mass is 591 g/mol. The largest absolute Gasteiger partial charge is 0.465 e. The average Bonchev–Trinajstić information content (AvgIpc) is 3.64. The SMILES string of the molecule is CC(=O)OC[C@H]1C[C@@H](n2cnc3c(NC(=O)c4ccccc4)ncnc32)[C@@H](OCc2ccccc2)[C@@H]1OCc1ccccc1. The predicted molar refractivity (Wildman–Crippen MR) is 164 cm³/mol. The molecule has 0 bridgehead atoms. The Morgan fingerprint density at radius 3 is 2.07 bits per heavy atom. The quantitative estimate of drug-likeness (QED) is 0.204. The fourth-order valence-electron chi connectivity index (χ4n) is 5.65. The fraction of sp³-hybridized carbons (Fsp3) is 0.265. The van der Waals surface area contributed by atoms with Crippen LogP contribution >= 0.6 is 0 Å². The summed E-state index contributed by atoms with van der Waals surface area (Å²) in [5.74, 6) is -0.474. The number of fused-ring (bicyclic) bond motifs is 1. The standard InChI is InChI=1S/C34H33N5O5/c1-23(40)42-20-27-17-28(31(44-19-25-13-7-3-8-14-25)30(27)43-18-24-11-5-2-6-12-24)39-22-37-29-32(35-21-36-33(29)39)38-34(41)26-15-9-4-10-16-26/h2-16,21-22,27-28,30-31H,17-20H2,1H3,(H,35,36,38,41)/t27-,28-,30-,31-/m1/s1. The van der Waals surface area contributed by atoms with Crippen molar-refractivity contribution in [2.24, 2.45) is 5.92 Å². The molecule has 224 valence electrons. The number of amides is 1. The van der Waals surface area contributed by atoms with Crippen LogP contribution in [0.5, 0.6) is 0 Å². The van der Waals surface area contributed by atoms with Gasteiger partial charge in [0.1, 0.15) is 12.4 Å². The number of ether oxygens (including phenoxy) is 3. The molecule has 1 amide bonds. The number of imidazole rings is 1. The zero-order valence-electron chi connectivity index (χ0n) is 24.3. The number of anilines is 1. The van der Waals surface area contributed by atoms with Gasteiger partial charge in [-0.1, -0.05) is 78.9 Å². The van der Waals surface area contributed by atoms with Crippen LogP contribution in [0.4, 0.5) is 5.82 Å². The molecule has 0 radical (unpaired) electrons. The molecule has 5 aromatic rings. The molecule has 0 saturated heterocycles. The minimum absolute atomic E-state index is 0.148. The highest BCUT2D eigenvalue weighted by atomic mass is 16.6. The molecular formula is C34H33N5O5. The molecule has 2 heterocycles. The van der Waals surface area contributed by atoms with Crippen molar-refractivity contribution in [3.8, 4) is 0 Å². The van der Waals surface area contributed by atoms with Crippen LogP contribution in [0.1, 0.15) is 40.9 Å². The van der Waals surface area contributed by atoms with E-state index in [1.165, 1.54) is 13.3 Å². The van der Waals surface area contributed by atoms with Gasteiger partial charge in [-0.3, -0.25) is 9.59 Å². The normalized spacial score (nSPS) is 19.6. The highest BCUT2D eigenvalue weighted by molar-refractivity contribution is 6.06. The van der Waals surface area contributed by atoms with Crippen LogP contribution in [0.25, 0.3) is 11.2 Å². The lowest BCUT2D eigenvalue weighted by molar-refractivity contribution is -0.145. The summed E-state index contributed by atoms with van der Waals surface area (Å²) >= 11 is 0. The van der Waals surface area contributed by atoms with Crippen molar-refractivity contribution in [3.63, 3.8) is 0 Å². The van der Waals surface area contributed by atoms with E-state index in [4.69, 9.17) is 14.2 Å². The number of benzene rings is 3. The number of carbonyl (C=O) groups is 2. The highest BCUT2D eigenvalue weighted by Crippen LogP contribution is 2.41. The topological polar surface area (TPSA) is 117 Å². The van der Waals surface area contributed by atoms with Crippen molar-refractivity contribution >= 4 is 28.9 Å². The van der Waals surface area contributed by atoms with Gasteiger partial charge in [-0.05, 0) is 29.7 Å². The number of rotatable bonds is 11. The maximum absolute atomic E-state index is 12.9. The summed E-state index contributed by atoms with van der Waals surface area (Å²) in [6.07, 6.45) is 2.89. The van der Waals surface area contributed by atoms with E-state index >= 15 is 0 Å². The van der Waals surface area contributed by atoms with Crippen LogP contribution in [-0.4, -0.2) is 50.2 Å². The molecule has 44 heavy (non-hydrogen) atoms. The van der Waals surface area contributed by atoms with Crippen molar-refractivity contribution in [2.75, 3.05) is 11.9 Å². The van der Waals surface area contributed by atoms with Gasteiger partial charge in [0, 0.05) is 18.4 Å². The number of nitrogens with zero attached hydrogens (tertiary/aromatic N) is 4. The molecule has 1 aliphatic rings. The maximum Gasteiger partial charge on any atom is 0.302 e. The van der Waals surface area contributed by atoms with Gasteiger partial charge in [0.2, 0.25) is 0 Å². The van der Waals surface area contributed by atoms with Crippen LogP contribution in [0, 0.1) is 5.92 Å². The van der Waals surface area contributed by atoms with Crippen molar-refractivity contribution in [1.29, 1.82) is 0 Å². The van der Waals surface area contributed by atoms with Gasteiger partial charge in [0.05, 0.1) is 38.3 Å². The van der Waals surface area contributed by atoms with Crippen molar-refractivity contribution < 1.29 is 23.8 Å². The maximum atomic E-state index is 12.9. The molecule has 1 saturated carbocycles. The van der Waals surface area contributed by atoms with E-state index in [-0.39, 0.29) is 36.5 Å². The van der Waals surface area contributed by atoms with E-state index in [1.807, 2.05) is 71.3 Å². The van der Waals surface area contributed by atoms with E-state index in [2.05, 4.69) is 20.3 Å². The van der Waals surface area contributed by atoms with Crippen molar-refractivity contribution in [3.05, 3.63) is 120 Å². The smallest absolute Gasteiger partial charge is 0.302 e. The van der Waals surface area contributed by atoms with Crippen LogP contribution in [-0.2, 0) is 32.2 Å². The predicted octanol–water partition coefficient (Wildman–Crippen LogP) is 5.37.